The van der Waals surface area contributed by atoms with Gasteiger partial charge < -0.3 is 20.6 Å². The van der Waals surface area contributed by atoms with E-state index in [0.29, 0.717) is 22.5 Å². The Morgan fingerprint density at radius 3 is 2.65 bits per heavy atom. The maximum atomic E-state index is 8.82. The van der Waals surface area contributed by atoms with Crippen molar-refractivity contribution in [1.82, 2.24) is 15.5 Å². The number of amidine groups is 1. The first kappa shape index (κ1) is 24.2. The molecular weight excluding hydrogens is 416 g/mol. The quantitative estimate of drug-likeness (QED) is 0.198. The van der Waals surface area contributed by atoms with Gasteiger partial charge in [0, 0.05) is 23.0 Å². The number of aliphatic imine (C=N–C) groups is 1. The monoisotopic (exact) mass is 444 g/mol. The third kappa shape index (κ3) is 6.97. The van der Waals surface area contributed by atoms with Crippen LogP contribution in [-0.2, 0) is 4.84 Å². The maximum Gasteiger partial charge on any atom is 0.175 e. The molecule has 4 N–H and O–H groups in total. The van der Waals surface area contributed by atoms with Crippen molar-refractivity contribution in [2.45, 2.75) is 34.6 Å². The molecule has 0 atom stereocenters. The molecule has 0 aliphatic carbocycles. The highest BCUT2D eigenvalue weighted by Crippen LogP contribution is 2.23. The summed E-state index contributed by atoms with van der Waals surface area (Å²) in [5.41, 5.74) is 5.50. The van der Waals surface area contributed by atoms with Crippen molar-refractivity contribution in [3.05, 3.63) is 64.1 Å². The number of aromatic nitrogens is 2. The number of hydrogen-bond donors (Lipinski definition) is 4. The minimum absolute atomic E-state index is 0.0744. The van der Waals surface area contributed by atoms with E-state index >= 15 is 0 Å². The molecule has 2 aromatic rings. The van der Waals surface area contributed by atoms with Gasteiger partial charge in [-0.2, -0.15) is 5.10 Å². The van der Waals surface area contributed by atoms with Crippen LogP contribution < -0.4 is 10.6 Å². The molecule has 1 heterocycles. The summed E-state index contributed by atoms with van der Waals surface area (Å²) in [6.07, 6.45) is 1.74. The second-order valence-electron chi connectivity index (χ2n) is 6.95. The largest absolute Gasteiger partial charge is 0.393 e. The van der Waals surface area contributed by atoms with Crippen LogP contribution in [0.3, 0.4) is 0 Å². The standard InChI is InChI=1S/C22H29ClN6O2/c1-7-19(23)22(26-21-12-15(4)27-28-21)25-17(6)24-20-11-13(2)18(10-14(20)3)16(5)29-31-9-8-30/h7,10-12,24,30H,6,8-9H2,1-5H3,(H2,25,26,27,28)/b19-7+,29-16+. The zero-order valence-corrected chi connectivity index (χ0v) is 19.3. The van der Waals surface area contributed by atoms with Gasteiger partial charge in [-0.1, -0.05) is 29.4 Å². The molecule has 1 aromatic carbocycles. The predicted octanol–water partition coefficient (Wildman–Crippen LogP) is 4.41. The number of aryl methyl sites for hydroxylation is 3. The number of aliphatic hydroxyl groups is 1. The van der Waals surface area contributed by atoms with E-state index in [-0.39, 0.29) is 13.2 Å². The molecule has 2 rings (SSSR count). The van der Waals surface area contributed by atoms with Crippen LogP contribution >= 0.6 is 11.6 Å². The first-order valence-electron chi connectivity index (χ1n) is 9.80. The number of nitrogens with zero attached hydrogens (tertiary/aromatic N) is 3. The molecular formula is C22H29ClN6O2. The number of oxime groups is 1. The molecule has 9 heteroatoms. The first-order chi connectivity index (χ1) is 14.7. The lowest BCUT2D eigenvalue weighted by Gasteiger charge is -2.17. The number of aromatic amines is 1. The third-order valence-corrected chi connectivity index (χ3v) is 4.70. The Labute approximate surface area is 187 Å². The fraction of sp³-hybridized carbons (Fsp3) is 0.318. The van der Waals surface area contributed by atoms with Crippen molar-refractivity contribution in [2.75, 3.05) is 18.5 Å². The van der Waals surface area contributed by atoms with Gasteiger partial charge in [0.1, 0.15) is 12.4 Å². The van der Waals surface area contributed by atoms with Gasteiger partial charge in [0.15, 0.2) is 11.7 Å². The van der Waals surface area contributed by atoms with Crippen LogP contribution in [0, 0.1) is 20.8 Å². The lowest BCUT2D eigenvalue weighted by molar-refractivity contribution is 0.0986. The number of benzene rings is 1. The number of H-pyrrole nitrogens is 1. The third-order valence-electron chi connectivity index (χ3n) is 4.30. The lowest BCUT2D eigenvalue weighted by atomic mass is 10.0. The van der Waals surface area contributed by atoms with E-state index in [0.717, 1.165) is 33.8 Å². The average Bonchev–Trinajstić information content (AvgIpc) is 3.14. The van der Waals surface area contributed by atoms with E-state index in [1.54, 1.807) is 6.08 Å². The smallest absolute Gasteiger partial charge is 0.175 e. The van der Waals surface area contributed by atoms with E-state index in [1.807, 2.05) is 52.8 Å². The Kier molecular flexibility index (Phi) is 8.84. The summed E-state index contributed by atoms with van der Waals surface area (Å²) in [6.45, 7) is 13.7. The summed E-state index contributed by atoms with van der Waals surface area (Å²) >= 11 is 6.32. The molecule has 0 radical (unpaired) electrons. The van der Waals surface area contributed by atoms with Crippen molar-refractivity contribution >= 4 is 34.7 Å². The number of aliphatic hydroxyl groups excluding tert-OH is 1. The molecule has 0 bridgehead atoms. The Hall–Kier alpha value is -3.10. The SMILES string of the molecule is C=C(NC(=Nc1cc(C)[nH]n1)/C(Cl)=C\C)Nc1cc(C)c(/C(C)=N/OCCO)cc1C. The Morgan fingerprint density at radius 1 is 1.29 bits per heavy atom. The number of anilines is 1. The van der Waals surface area contributed by atoms with Gasteiger partial charge in [-0.05, 0) is 57.9 Å². The molecule has 0 spiro atoms. The fourth-order valence-electron chi connectivity index (χ4n) is 2.76. The van der Waals surface area contributed by atoms with Crippen LogP contribution in [0.5, 0.6) is 0 Å². The molecule has 166 valence electrons. The molecule has 8 nitrogen and oxygen atoms in total. The normalized spacial score (nSPS) is 12.7. The number of allylic oxidation sites excluding steroid dienone is 1. The zero-order chi connectivity index (χ0) is 23.0. The molecule has 0 aliphatic rings. The topological polar surface area (TPSA) is 107 Å². The summed E-state index contributed by atoms with van der Waals surface area (Å²) in [5.74, 6) is 1.46. The van der Waals surface area contributed by atoms with E-state index in [2.05, 4.69) is 37.6 Å². The van der Waals surface area contributed by atoms with Crippen LogP contribution in [0.2, 0.25) is 0 Å². The molecule has 31 heavy (non-hydrogen) atoms. The van der Waals surface area contributed by atoms with Gasteiger partial charge >= 0.3 is 0 Å². The van der Waals surface area contributed by atoms with Crippen LogP contribution in [0.25, 0.3) is 0 Å². The lowest BCUT2D eigenvalue weighted by Crippen LogP contribution is -2.26. The molecule has 0 saturated carbocycles. The highest BCUT2D eigenvalue weighted by Gasteiger charge is 2.11. The van der Waals surface area contributed by atoms with Crippen molar-refractivity contribution in [3.63, 3.8) is 0 Å². The predicted molar refractivity (Wildman–Crippen MR) is 127 cm³/mol. The fourth-order valence-corrected chi connectivity index (χ4v) is 2.85. The molecule has 0 fully saturated rings. The van der Waals surface area contributed by atoms with Gasteiger partial charge in [-0.25, -0.2) is 4.99 Å². The summed E-state index contributed by atoms with van der Waals surface area (Å²) in [7, 11) is 0. The van der Waals surface area contributed by atoms with Gasteiger partial charge in [0.05, 0.1) is 17.4 Å². The van der Waals surface area contributed by atoms with Gasteiger partial charge in [0.25, 0.3) is 0 Å². The molecule has 1 aromatic heterocycles. The summed E-state index contributed by atoms with van der Waals surface area (Å²) in [4.78, 5) is 9.53. The Balaban J connectivity index is 2.19. The van der Waals surface area contributed by atoms with Crippen LogP contribution in [0.15, 0.2) is 51.9 Å². The highest BCUT2D eigenvalue weighted by molar-refractivity contribution is 6.43. The van der Waals surface area contributed by atoms with E-state index < -0.39 is 0 Å². The maximum absolute atomic E-state index is 8.82. The van der Waals surface area contributed by atoms with Crippen LogP contribution in [0.1, 0.15) is 36.2 Å². The van der Waals surface area contributed by atoms with E-state index in [4.69, 9.17) is 21.5 Å². The van der Waals surface area contributed by atoms with Crippen molar-refractivity contribution in [1.29, 1.82) is 0 Å². The molecule has 0 unspecified atom stereocenters. The Morgan fingerprint density at radius 2 is 2.03 bits per heavy atom. The second-order valence-corrected chi connectivity index (χ2v) is 7.36. The summed E-state index contributed by atoms with van der Waals surface area (Å²) in [5, 5.41) is 26.7. The zero-order valence-electron chi connectivity index (χ0n) is 18.5. The van der Waals surface area contributed by atoms with Crippen molar-refractivity contribution in [3.8, 4) is 0 Å². The van der Waals surface area contributed by atoms with Gasteiger partial charge in [-0.15, -0.1) is 0 Å². The van der Waals surface area contributed by atoms with Gasteiger partial charge in [-0.3, -0.25) is 5.10 Å². The molecule has 0 amide bonds. The van der Waals surface area contributed by atoms with Crippen molar-refractivity contribution < 1.29 is 9.94 Å². The number of rotatable bonds is 9. The number of halogens is 1. The van der Waals surface area contributed by atoms with E-state index in [1.165, 1.54) is 0 Å². The van der Waals surface area contributed by atoms with E-state index in [9.17, 15) is 0 Å². The number of hydrogen-bond acceptors (Lipinski definition) is 6. The molecule has 0 aliphatic heterocycles. The van der Waals surface area contributed by atoms with Crippen LogP contribution in [0.4, 0.5) is 11.5 Å². The number of nitrogens with one attached hydrogen (secondary N) is 3. The Bertz CT molecular complexity index is 1020. The minimum atomic E-state index is -0.0744. The highest BCUT2D eigenvalue weighted by atomic mass is 35.5. The second kappa shape index (κ2) is 11.3. The minimum Gasteiger partial charge on any atom is -0.393 e. The summed E-state index contributed by atoms with van der Waals surface area (Å²) < 4.78 is 0. The van der Waals surface area contributed by atoms with Crippen LogP contribution in [-0.4, -0.2) is 40.1 Å². The summed E-state index contributed by atoms with van der Waals surface area (Å²) in [6, 6.07) is 5.85. The molecule has 0 saturated heterocycles. The average molecular weight is 445 g/mol. The first-order valence-corrected chi connectivity index (χ1v) is 10.2. The van der Waals surface area contributed by atoms with Crippen molar-refractivity contribution in [2.24, 2.45) is 10.1 Å². The van der Waals surface area contributed by atoms with Gasteiger partial charge in [0.2, 0.25) is 0 Å².